The van der Waals surface area contributed by atoms with E-state index in [0.29, 0.717) is 13.1 Å². The van der Waals surface area contributed by atoms with Crippen molar-refractivity contribution < 1.29 is 14.3 Å². The average Bonchev–Trinajstić information content (AvgIpc) is 2.61. The number of aryl methyl sites for hydroxylation is 1. The van der Waals surface area contributed by atoms with Crippen molar-refractivity contribution in [1.29, 1.82) is 0 Å². The van der Waals surface area contributed by atoms with Gasteiger partial charge in [0, 0.05) is 25.7 Å². The molecule has 0 saturated carbocycles. The van der Waals surface area contributed by atoms with Crippen molar-refractivity contribution >= 4 is 11.8 Å². The summed E-state index contributed by atoms with van der Waals surface area (Å²) in [4.78, 5) is 26.6. The maximum Gasteiger partial charge on any atom is 0.237 e. The SMILES string of the molecule is CC(C)N1CCNC(=O)[C@@H]1CC(=O)NCc1ccc2c(c1)CCCO2. The smallest absolute Gasteiger partial charge is 0.237 e. The third-order valence-electron chi connectivity index (χ3n) is 4.88. The number of carbonyl (C=O) groups is 2. The van der Waals surface area contributed by atoms with Crippen LogP contribution in [-0.2, 0) is 22.6 Å². The molecule has 6 heteroatoms. The van der Waals surface area contributed by atoms with Crippen LogP contribution in [0.4, 0.5) is 0 Å². The number of carbonyl (C=O) groups excluding carboxylic acids is 2. The summed E-state index contributed by atoms with van der Waals surface area (Å²) < 4.78 is 5.61. The van der Waals surface area contributed by atoms with Crippen LogP contribution in [0.15, 0.2) is 18.2 Å². The van der Waals surface area contributed by atoms with Gasteiger partial charge in [0.15, 0.2) is 0 Å². The number of ether oxygens (including phenoxy) is 1. The Bertz CT molecular complexity index is 645. The molecule has 1 atom stereocenters. The Morgan fingerprint density at radius 1 is 1.44 bits per heavy atom. The van der Waals surface area contributed by atoms with E-state index in [1.165, 1.54) is 5.56 Å². The number of hydrogen-bond donors (Lipinski definition) is 2. The molecule has 0 bridgehead atoms. The quantitative estimate of drug-likeness (QED) is 0.842. The third-order valence-corrected chi connectivity index (χ3v) is 4.88. The number of amides is 2. The molecule has 2 N–H and O–H groups in total. The van der Waals surface area contributed by atoms with Crippen LogP contribution in [0.3, 0.4) is 0 Å². The monoisotopic (exact) mass is 345 g/mol. The van der Waals surface area contributed by atoms with Crippen molar-refractivity contribution in [1.82, 2.24) is 15.5 Å². The first-order valence-electron chi connectivity index (χ1n) is 9.09. The van der Waals surface area contributed by atoms with Gasteiger partial charge in [0.2, 0.25) is 11.8 Å². The maximum absolute atomic E-state index is 12.3. The Morgan fingerprint density at radius 2 is 2.28 bits per heavy atom. The molecule has 1 saturated heterocycles. The molecule has 2 heterocycles. The van der Waals surface area contributed by atoms with Crippen LogP contribution < -0.4 is 15.4 Å². The molecule has 3 rings (SSSR count). The molecular formula is C19H27N3O3. The number of benzene rings is 1. The van der Waals surface area contributed by atoms with Gasteiger partial charge >= 0.3 is 0 Å². The molecular weight excluding hydrogens is 318 g/mol. The lowest BCUT2D eigenvalue weighted by atomic mass is 10.0. The van der Waals surface area contributed by atoms with Crippen molar-refractivity contribution in [3.8, 4) is 5.75 Å². The molecule has 136 valence electrons. The van der Waals surface area contributed by atoms with Crippen LogP contribution in [0.1, 0.15) is 37.8 Å². The zero-order valence-electron chi connectivity index (χ0n) is 15.0. The van der Waals surface area contributed by atoms with Crippen molar-refractivity contribution in [2.75, 3.05) is 19.7 Å². The summed E-state index contributed by atoms with van der Waals surface area (Å²) in [6.07, 6.45) is 2.24. The normalized spacial score (nSPS) is 20.6. The van der Waals surface area contributed by atoms with Crippen LogP contribution in [0, 0.1) is 0 Å². The van der Waals surface area contributed by atoms with E-state index in [-0.39, 0.29) is 30.3 Å². The molecule has 1 aromatic rings. The molecule has 25 heavy (non-hydrogen) atoms. The van der Waals surface area contributed by atoms with E-state index in [0.717, 1.165) is 37.3 Å². The van der Waals surface area contributed by atoms with Gasteiger partial charge in [-0.25, -0.2) is 0 Å². The summed E-state index contributed by atoms with van der Waals surface area (Å²) in [5, 5.41) is 5.80. The summed E-state index contributed by atoms with van der Waals surface area (Å²) >= 11 is 0. The van der Waals surface area contributed by atoms with Crippen molar-refractivity contribution in [2.24, 2.45) is 0 Å². The van der Waals surface area contributed by atoms with Gasteiger partial charge < -0.3 is 15.4 Å². The lowest BCUT2D eigenvalue weighted by Crippen LogP contribution is -2.58. The topological polar surface area (TPSA) is 70.7 Å². The van der Waals surface area contributed by atoms with Gasteiger partial charge in [-0.05, 0) is 43.9 Å². The van der Waals surface area contributed by atoms with Gasteiger partial charge in [0.25, 0.3) is 0 Å². The lowest BCUT2D eigenvalue weighted by molar-refractivity contribution is -0.134. The Hall–Kier alpha value is -2.08. The van der Waals surface area contributed by atoms with Gasteiger partial charge in [-0.15, -0.1) is 0 Å². The van der Waals surface area contributed by atoms with Crippen molar-refractivity contribution in [3.05, 3.63) is 29.3 Å². The standard InChI is InChI=1S/C19H27N3O3/c1-13(2)22-8-7-20-19(24)16(22)11-18(23)21-12-14-5-6-17-15(10-14)4-3-9-25-17/h5-6,10,13,16H,3-4,7-9,11-12H2,1-2H3,(H,20,24)(H,21,23)/t16-/m0/s1. The molecule has 0 radical (unpaired) electrons. The number of rotatable bonds is 5. The summed E-state index contributed by atoms with van der Waals surface area (Å²) in [6.45, 7) is 6.79. The molecule has 0 spiro atoms. The van der Waals surface area contributed by atoms with Crippen LogP contribution in [0.25, 0.3) is 0 Å². The summed E-state index contributed by atoms with van der Waals surface area (Å²) in [7, 11) is 0. The number of piperazine rings is 1. The minimum Gasteiger partial charge on any atom is -0.493 e. The van der Waals surface area contributed by atoms with Crippen LogP contribution in [-0.4, -0.2) is 48.5 Å². The predicted molar refractivity (Wildman–Crippen MR) is 95.4 cm³/mol. The highest BCUT2D eigenvalue weighted by Gasteiger charge is 2.32. The van der Waals surface area contributed by atoms with E-state index < -0.39 is 0 Å². The lowest BCUT2D eigenvalue weighted by Gasteiger charge is -2.37. The van der Waals surface area contributed by atoms with Crippen LogP contribution in [0.2, 0.25) is 0 Å². The van der Waals surface area contributed by atoms with Crippen molar-refractivity contribution in [3.63, 3.8) is 0 Å². The van der Waals surface area contributed by atoms with Crippen molar-refractivity contribution in [2.45, 2.75) is 51.7 Å². The molecule has 2 aliphatic rings. The maximum atomic E-state index is 12.3. The Balaban J connectivity index is 1.56. The fourth-order valence-corrected chi connectivity index (χ4v) is 3.53. The molecule has 6 nitrogen and oxygen atoms in total. The zero-order chi connectivity index (χ0) is 17.8. The van der Waals surface area contributed by atoms with E-state index >= 15 is 0 Å². The Kier molecular flexibility index (Phi) is 5.58. The summed E-state index contributed by atoms with van der Waals surface area (Å²) in [5.74, 6) is 0.801. The first-order chi connectivity index (χ1) is 12.0. The van der Waals surface area contributed by atoms with Crippen LogP contribution in [0.5, 0.6) is 5.75 Å². The zero-order valence-corrected chi connectivity index (χ0v) is 15.0. The van der Waals surface area contributed by atoms with Gasteiger partial charge in [-0.2, -0.15) is 0 Å². The number of fused-ring (bicyclic) bond motifs is 1. The predicted octanol–water partition coefficient (Wildman–Crippen LogP) is 1.23. The number of nitrogens with zero attached hydrogens (tertiary/aromatic N) is 1. The first-order valence-corrected chi connectivity index (χ1v) is 9.09. The molecule has 1 aromatic carbocycles. The minimum atomic E-state index is -0.384. The Morgan fingerprint density at radius 3 is 3.08 bits per heavy atom. The molecule has 0 unspecified atom stereocenters. The molecule has 1 fully saturated rings. The van der Waals surface area contributed by atoms with E-state index in [2.05, 4.69) is 35.4 Å². The number of hydrogen-bond acceptors (Lipinski definition) is 4. The fraction of sp³-hybridized carbons (Fsp3) is 0.579. The van der Waals surface area contributed by atoms with Gasteiger partial charge in [0.1, 0.15) is 5.75 Å². The third kappa shape index (κ3) is 4.31. The van der Waals surface area contributed by atoms with E-state index in [1.54, 1.807) is 0 Å². The Labute approximate surface area is 148 Å². The van der Waals surface area contributed by atoms with Gasteiger partial charge in [-0.3, -0.25) is 14.5 Å². The summed E-state index contributed by atoms with van der Waals surface area (Å²) in [6, 6.07) is 5.92. The molecule has 0 aromatic heterocycles. The number of nitrogens with one attached hydrogen (secondary N) is 2. The largest absolute Gasteiger partial charge is 0.493 e. The van der Waals surface area contributed by atoms with Gasteiger partial charge in [-0.1, -0.05) is 12.1 Å². The molecule has 0 aliphatic carbocycles. The minimum absolute atomic E-state index is 0.0546. The second kappa shape index (κ2) is 7.87. The molecule has 2 aliphatic heterocycles. The second-order valence-corrected chi connectivity index (χ2v) is 7.01. The van der Waals surface area contributed by atoms with E-state index in [1.807, 2.05) is 12.1 Å². The highest BCUT2D eigenvalue weighted by molar-refractivity contribution is 5.88. The first kappa shape index (κ1) is 17.7. The average molecular weight is 345 g/mol. The van der Waals surface area contributed by atoms with E-state index in [4.69, 9.17) is 4.74 Å². The highest BCUT2D eigenvalue weighted by Crippen LogP contribution is 2.25. The summed E-state index contributed by atoms with van der Waals surface area (Å²) in [5.41, 5.74) is 2.27. The van der Waals surface area contributed by atoms with Crippen LogP contribution >= 0.6 is 0 Å². The highest BCUT2D eigenvalue weighted by atomic mass is 16.5. The van der Waals surface area contributed by atoms with Gasteiger partial charge in [0.05, 0.1) is 19.1 Å². The van der Waals surface area contributed by atoms with E-state index in [9.17, 15) is 9.59 Å². The molecule has 2 amide bonds. The second-order valence-electron chi connectivity index (χ2n) is 7.01. The fourth-order valence-electron chi connectivity index (χ4n) is 3.53.